The number of nitrogens with zero attached hydrogens (tertiary/aromatic N) is 1. The van der Waals surface area contributed by atoms with Crippen molar-refractivity contribution in [2.45, 2.75) is 19.4 Å². The average molecular weight is 330 g/mol. The van der Waals surface area contributed by atoms with Gasteiger partial charge in [-0.25, -0.2) is 4.79 Å². The van der Waals surface area contributed by atoms with Gasteiger partial charge in [0.1, 0.15) is 6.61 Å². The van der Waals surface area contributed by atoms with Gasteiger partial charge in [-0.2, -0.15) is 11.3 Å². The van der Waals surface area contributed by atoms with Crippen LogP contribution in [0.2, 0.25) is 0 Å². The fourth-order valence-corrected chi connectivity index (χ4v) is 3.16. The summed E-state index contributed by atoms with van der Waals surface area (Å²) in [7, 11) is 0. The first-order valence-corrected chi connectivity index (χ1v) is 8.46. The molecule has 0 bridgehead atoms. The summed E-state index contributed by atoms with van der Waals surface area (Å²) < 4.78 is 4.92. The van der Waals surface area contributed by atoms with Gasteiger partial charge in [0.2, 0.25) is 5.91 Å². The molecule has 1 aliphatic heterocycles. The van der Waals surface area contributed by atoms with E-state index in [0.29, 0.717) is 26.1 Å². The minimum Gasteiger partial charge on any atom is -0.448 e. The molecule has 1 N–H and O–H groups in total. The van der Waals surface area contributed by atoms with Crippen LogP contribution in [0.1, 0.15) is 17.5 Å². The van der Waals surface area contributed by atoms with Gasteiger partial charge in [-0.3, -0.25) is 4.79 Å². The van der Waals surface area contributed by atoms with E-state index in [1.165, 1.54) is 5.56 Å². The fraction of sp³-hybridized carbons (Fsp3) is 0.294. The van der Waals surface area contributed by atoms with Gasteiger partial charge in [-0.05, 0) is 46.5 Å². The van der Waals surface area contributed by atoms with Crippen LogP contribution in [0.3, 0.4) is 0 Å². The molecule has 3 rings (SSSR count). The van der Waals surface area contributed by atoms with Crippen LogP contribution in [0.15, 0.2) is 41.1 Å². The van der Waals surface area contributed by atoms with Gasteiger partial charge < -0.3 is 15.0 Å². The lowest BCUT2D eigenvalue weighted by Gasteiger charge is -2.13. The van der Waals surface area contributed by atoms with Crippen molar-refractivity contribution in [3.8, 4) is 0 Å². The number of ether oxygens (including phenoxy) is 1. The van der Waals surface area contributed by atoms with Gasteiger partial charge in [-0.1, -0.05) is 12.1 Å². The lowest BCUT2D eigenvalue weighted by molar-refractivity contribution is -0.116. The Morgan fingerprint density at radius 2 is 2.22 bits per heavy atom. The second-order valence-electron chi connectivity index (χ2n) is 5.42. The highest BCUT2D eigenvalue weighted by atomic mass is 32.1. The molecule has 0 saturated carbocycles. The van der Waals surface area contributed by atoms with Crippen LogP contribution in [0.4, 0.5) is 10.5 Å². The zero-order chi connectivity index (χ0) is 16.1. The highest BCUT2D eigenvalue weighted by molar-refractivity contribution is 7.07. The zero-order valence-corrected chi connectivity index (χ0v) is 13.5. The summed E-state index contributed by atoms with van der Waals surface area (Å²) >= 11 is 1.64. The Labute approximate surface area is 138 Å². The topological polar surface area (TPSA) is 58.6 Å². The van der Waals surface area contributed by atoms with Gasteiger partial charge in [0.05, 0.1) is 6.54 Å². The smallest absolute Gasteiger partial charge is 0.410 e. The Morgan fingerprint density at radius 1 is 1.30 bits per heavy atom. The van der Waals surface area contributed by atoms with Gasteiger partial charge >= 0.3 is 6.09 Å². The third kappa shape index (κ3) is 4.32. The molecule has 1 aromatic heterocycles. The maximum Gasteiger partial charge on any atom is 0.410 e. The molecule has 1 fully saturated rings. The van der Waals surface area contributed by atoms with Crippen molar-refractivity contribution < 1.29 is 14.3 Å². The summed E-state index contributed by atoms with van der Waals surface area (Å²) in [4.78, 5) is 25.1. The van der Waals surface area contributed by atoms with Crippen molar-refractivity contribution in [2.75, 3.05) is 18.5 Å². The third-order valence-corrected chi connectivity index (χ3v) is 4.38. The molecule has 1 aromatic carbocycles. The number of nitrogens with one attached hydrogen (secondary N) is 1. The number of benzene rings is 1. The fourth-order valence-electron chi connectivity index (χ4n) is 2.45. The van der Waals surface area contributed by atoms with E-state index in [1.54, 1.807) is 16.2 Å². The maximum absolute atomic E-state index is 12.0. The van der Waals surface area contributed by atoms with Crippen LogP contribution in [-0.2, 0) is 22.5 Å². The molecule has 6 heteroatoms. The molecule has 0 spiro atoms. The van der Waals surface area contributed by atoms with E-state index in [-0.39, 0.29) is 12.0 Å². The summed E-state index contributed by atoms with van der Waals surface area (Å²) in [6, 6.07) is 9.61. The first-order valence-electron chi connectivity index (χ1n) is 7.52. The molecule has 2 aromatic rings. The first-order chi connectivity index (χ1) is 11.2. The largest absolute Gasteiger partial charge is 0.448 e. The Hall–Kier alpha value is -2.34. The van der Waals surface area contributed by atoms with Gasteiger partial charge in [-0.15, -0.1) is 0 Å². The van der Waals surface area contributed by atoms with Gasteiger partial charge in [0.25, 0.3) is 0 Å². The molecule has 0 radical (unpaired) electrons. The van der Waals surface area contributed by atoms with Crippen LogP contribution in [0, 0.1) is 0 Å². The second kappa shape index (κ2) is 7.28. The van der Waals surface area contributed by atoms with Crippen molar-refractivity contribution >= 4 is 29.0 Å². The summed E-state index contributed by atoms with van der Waals surface area (Å²) in [5.41, 5.74) is 2.91. The Balaban J connectivity index is 1.54. The van der Waals surface area contributed by atoms with Gasteiger partial charge in [0.15, 0.2) is 0 Å². The quantitative estimate of drug-likeness (QED) is 0.884. The third-order valence-electron chi connectivity index (χ3n) is 3.65. The minimum absolute atomic E-state index is 0.00562. The Morgan fingerprint density at radius 3 is 2.96 bits per heavy atom. The SMILES string of the molecule is O=C(CCc1ccsc1)Nc1cccc(CN2CCOC2=O)c1. The Bertz CT molecular complexity index is 685. The van der Waals surface area contributed by atoms with Crippen LogP contribution in [0.25, 0.3) is 0 Å². The number of rotatable bonds is 6. The van der Waals surface area contributed by atoms with Crippen LogP contribution in [0.5, 0.6) is 0 Å². The summed E-state index contributed by atoms with van der Waals surface area (Å²) in [6.45, 7) is 1.55. The van der Waals surface area contributed by atoms with Crippen molar-refractivity contribution in [1.82, 2.24) is 4.90 Å². The normalized spacial score (nSPS) is 13.9. The van der Waals surface area contributed by atoms with Crippen molar-refractivity contribution in [2.24, 2.45) is 0 Å². The van der Waals surface area contributed by atoms with E-state index >= 15 is 0 Å². The number of anilines is 1. The maximum atomic E-state index is 12.0. The van der Waals surface area contributed by atoms with Crippen molar-refractivity contribution in [3.05, 3.63) is 52.2 Å². The summed E-state index contributed by atoms with van der Waals surface area (Å²) in [5.74, 6) is -0.00562. The van der Waals surface area contributed by atoms with E-state index in [2.05, 4.69) is 10.7 Å². The molecule has 120 valence electrons. The van der Waals surface area contributed by atoms with Crippen molar-refractivity contribution in [1.29, 1.82) is 0 Å². The van der Waals surface area contributed by atoms with E-state index in [0.717, 1.165) is 17.7 Å². The molecule has 0 unspecified atom stereocenters. The van der Waals surface area contributed by atoms with Crippen LogP contribution in [-0.4, -0.2) is 30.1 Å². The molecule has 0 atom stereocenters. The highest BCUT2D eigenvalue weighted by Gasteiger charge is 2.21. The predicted octanol–water partition coefficient (Wildman–Crippen LogP) is 3.27. The zero-order valence-electron chi connectivity index (χ0n) is 12.7. The van der Waals surface area contributed by atoms with Crippen molar-refractivity contribution in [3.63, 3.8) is 0 Å². The number of amides is 2. The monoisotopic (exact) mass is 330 g/mol. The molecular formula is C17H18N2O3S. The molecule has 5 nitrogen and oxygen atoms in total. The lowest BCUT2D eigenvalue weighted by atomic mass is 10.1. The van der Waals surface area contributed by atoms with Crippen LogP contribution >= 0.6 is 11.3 Å². The lowest BCUT2D eigenvalue weighted by Crippen LogP contribution is -2.23. The van der Waals surface area contributed by atoms with E-state index in [4.69, 9.17) is 4.74 Å². The first kappa shape index (κ1) is 15.6. The summed E-state index contributed by atoms with van der Waals surface area (Å²) in [6.07, 6.45) is 0.920. The van der Waals surface area contributed by atoms with E-state index in [9.17, 15) is 9.59 Å². The number of hydrogen-bond acceptors (Lipinski definition) is 4. The Kier molecular flexibility index (Phi) is 4.92. The predicted molar refractivity (Wildman–Crippen MR) is 89.5 cm³/mol. The molecule has 2 heterocycles. The highest BCUT2D eigenvalue weighted by Crippen LogP contribution is 2.16. The van der Waals surface area contributed by atoms with E-state index < -0.39 is 0 Å². The number of hydrogen-bond donors (Lipinski definition) is 1. The molecule has 1 aliphatic rings. The number of thiophene rings is 1. The summed E-state index contributed by atoms with van der Waals surface area (Å²) in [5, 5.41) is 6.98. The average Bonchev–Trinajstić information content (AvgIpc) is 3.18. The number of carbonyl (C=O) groups excluding carboxylic acids is 2. The van der Waals surface area contributed by atoms with Crippen LogP contribution < -0.4 is 5.32 Å². The molecule has 23 heavy (non-hydrogen) atoms. The number of cyclic esters (lactones) is 1. The standard InChI is InChI=1S/C17H18N2O3S/c20-16(5-4-13-6-9-23-12-13)18-15-3-1-2-14(10-15)11-19-7-8-22-17(19)21/h1-3,6,9-10,12H,4-5,7-8,11H2,(H,18,20). The molecule has 1 saturated heterocycles. The molecular weight excluding hydrogens is 312 g/mol. The van der Waals surface area contributed by atoms with E-state index in [1.807, 2.05) is 35.7 Å². The molecule has 2 amide bonds. The number of aryl methyl sites for hydroxylation is 1. The minimum atomic E-state index is -0.282. The number of carbonyl (C=O) groups is 2. The molecule has 0 aliphatic carbocycles. The second-order valence-corrected chi connectivity index (χ2v) is 6.20. The van der Waals surface area contributed by atoms with Gasteiger partial charge in [0, 0.05) is 18.7 Å².